The lowest BCUT2D eigenvalue weighted by Crippen LogP contribution is -2.42. The van der Waals surface area contributed by atoms with E-state index in [1.54, 1.807) is 0 Å². The molecule has 22 heavy (non-hydrogen) atoms. The summed E-state index contributed by atoms with van der Waals surface area (Å²) in [6.07, 6.45) is 4.74. The topological polar surface area (TPSA) is 110 Å². The molecule has 1 amide bonds. The molecule has 1 atom stereocenters. The highest BCUT2D eigenvalue weighted by atomic mass is 32.2. The van der Waals surface area contributed by atoms with Gasteiger partial charge in [-0.1, -0.05) is 6.92 Å². The fourth-order valence-corrected chi connectivity index (χ4v) is 3.09. The Kier molecular flexibility index (Phi) is 5.54. The monoisotopic (exact) mass is 329 g/mol. The molecular formula is C13H23N5O3S. The third-order valence-corrected chi connectivity index (χ3v) is 4.62. The lowest BCUT2D eigenvalue weighted by molar-refractivity contribution is -0.133. The Morgan fingerprint density at radius 2 is 2.36 bits per heavy atom. The number of hydrogen-bond donors (Lipinski definition) is 2. The van der Waals surface area contributed by atoms with E-state index in [1.807, 2.05) is 4.90 Å². The Morgan fingerprint density at radius 3 is 2.91 bits per heavy atom. The Balaban J connectivity index is 1.94. The number of amides is 1. The molecule has 3 N–H and O–H groups in total. The van der Waals surface area contributed by atoms with Crippen LogP contribution in [0.4, 0.5) is 0 Å². The average Bonchev–Trinajstić information content (AvgIpc) is 3.12. The van der Waals surface area contributed by atoms with E-state index >= 15 is 0 Å². The normalized spacial score (nSPS) is 18.5. The zero-order valence-corrected chi connectivity index (χ0v) is 13.6. The summed E-state index contributed by atoms with van der Waals surface area (Å²) in [5.41, 5.74) is 0. The van der Waals surface area contributed by atoms with Crippen molar-refractivity contribution in [2.75, 3.05) is 19.6 Å². The molecule has 0 radical (unpaired) electrons. The molecule has 9 heteroatoms. The summed E-state index contributed by atoms with van der Waals surface area (Å²) in [6, 6.07) is 0.255. The Hall–Kier alpha value is -1.45. The summed E-state index contributed by atoms with van der Waals surface area (Å²) in [4.78, 5) is 14.3. The van der Waals surface area contributed by atoms with Crippen molar-refractivity contribution in [3.8, 4) is 0 Å². The van der Waals surface area contributed by atoms with Crippen molar-refractivity contribution in [2.24, 2.45) is 5.14 Å². The SMILES string of the molecule is CCCN(C(=O)CCn1cc(S(N)(=O)=O)cn1)C1CCNC1. The number of hydrogen-bond acceptors (Lipinski definition) is 5. The summed E-state index contributed by atoms with van der Waals surface area (Å²) < 4.78 is 23.8. The number of nitrogens with zero attached hydrogens (tertiary/aromatic N) is 3. The molecule has 1 aromatic heterocycles. The number of aryl methyl sites for hydroxylation is 1. The summed E-state index contributed by atoms with van der Waals surface area (Å²) in [7, 11) is -3.75. The number of aromatic nitrogens is 2. The highest BCUT2D eigenvalue weighted by Crippen LogP contribution is 2.12. The first-order valence-electron chi connectivity index (χ1n) is 7.47. The minimum Gasteiger partial charge on any atom is -0.338 e. The van der Waals surface area contributed by atoms with Gasteiger partial charge in [-0.2, -0.15) is 5.10 Å². The van der Waals surface area contributed by atoms with Crippen LogP contribution in [0.2, 0.25) is 0 Å². The molecular weight excluding hydrogens is 306 g/mol. The van der Waals surface area contributed by atoms with Crippen molar-refractivity contribution in [1.29, 1.82) is 0 Å². The maximum atomic E-state index is 12.4. The van der Waals surface area contributed by atoms with Gasteiger partial charge < -0.3 is 10.2 Å². The average molecular weight is 329 g/mol. The molecule has 1 fully saturated rings. The van der Waals surface area contributed by atoms with Gasteiger partial charge >= 0.3 is 0 Å². The van der Waals surface area contributed by atoms with Crippen LogP contribution in [-0.2, 0) is 21.4 Å². The number of nitrogens with two attached hydrogens (primary N) is 1. The molecule has 124 valence electrons. The van der Waals surface area contributed by atoms with E-state index in [0.29, 0.717) is 13.0 Å². The summed E-state index contributed by atoms with van der Waals surface area (Å²) in [6.45, 7) is 4.91. The molecule has 1 aliphatic rings. The van der Waals surface area contributed by atoms with Gasteiger partial charge in [0, 0.05) is 38.3 Å². The van der Waals surface area contributed by atoms with Crippen LogP contribution in [0.25, 0.3) is 0 Å². The lowest BCUT2D eigenvalue weighted by atomic mass is 10.2. The second kappa shape index (κ2) is 7.21. The number of nitrogens with one attached hydrogen (secondary N) is 1. The fraction of sp³-hybridized carbons (Fsp3) is 0.692. The fourth-order valence-electron chi connectivity index (χ4n) is 2.62. The quantitative estimate of drug-likeness (QED) is 0.702. The van der Waals surface area contributed by atoms with E-state index in [9.17, 15) is 13.2 Å². The number of primary sulfonamides is 1. The molecule has 0 spiro atoms. The van der Waals surface area contributed by atoms with Gasteiger partial charge in [0.2, 0.25) is 15.9 Å². The van der Waals surface area contributed by atoms with Gasteiger partial charge in [-0.25, -0.2) is 13.6 Å². The molecule has 8 nitrogen and oxygen atoms in total. The predicted molar refractivity (Wildman–Crippen MR) is 81.5 cm³/mol. The maximum Gasteiger partial charge on any atom is 0.241 e. The molecule has 0 saturated carbocycles. The van der Waals surface area contributed by atoms with Crippen LogP contribution in [0.15, 0.2) is 17.3 Å². The van der Waals surface area contributed by atoms with E-state index in [0.717, 1.165) is 32.5 Å². The van der Waals surface area contributed by atoms with E-state index < -0.39 is 10.0 Å². The molecule has 0 aliphatic carbocycles. The Labute approximate surface area is 130 Å². The largest absolute Gasteiger partial charge is 0.338 e. The molecule has 2 rings (SSSR count). The lowest BCUT2D eigenvalue weighted by Gasteiger charge is -2.28. The van der Waals surface area contributed by atoms with Gasteiger partial charge in [-0.15, -0.1) is 0 Å². The molecule has 0 aromatic carbocycles. The van der Waals surface area contributed by atoms with Gasteiger partial charge in [0.15, 0.2) is 0 Å². The van der Waals surface area contributed by atoms with Gasteiger partial charge in [0.1, 0.15) is 4.90 Å². The summed E-state index contributed by atoms with van der Waals surface area (Å²) in [5.74, 6) is 0.0724. The molecule has 1 unspecified atom stereocenters. The van der Waals surface area contributed by atoms with Crippen LogP contribution in [0.3, 0.4) is 0 Å². The molecule has 2 heterocycles. The van der Waals surface area contributed by atoms with Crippen molar-refractivity contribution >= 4 is 15.9 Å². The van der Waals surface area contributed by atoms with Crippen LogP contribution < -0.4 is 10.5 Å². The minimum atomic E-state index is -3.75. The Bertz CT molecular complexity index is 607. The van der Waals surface area contributed by atoms with E-state index in [1.165, 1.54) is 17.1 Å². The molecule has 1 aromatic rings. The predicted octanol–water partition coefficient (Wildman–Crippen LogP) is -0.479. The zero-order valence-electron chi connectivity index (χ0n) is 12.7. The second-order valence-electron chi connectivity index (χ2n) is 5.47. The van der Waals surface area contributed by atoms with Gasteiger partial charge in [0.05, 0.1) is 6.20 Å². The van der Waals surface area contributed by atoms with Gasteiger partial charge in [-0.3, -0.25) is 9.48 Å². The number of carbonyl (C=O) groups is 1. The number of carbonyl (C=O) groups excluding carboxylic acids is 1. The molecule has 0 bridgehead atoms. The third-order valence-electron chi connectivity index (χ3n) is 3.75. The highest BCUT2D eigenvalue weighted by molar-refractivity contribution is 7.89. The van der Waals surface area contributed by atoms with E-state index in [4.69, 9.17) is 5.14 Å². The zero-order chi connectivity index (χ0) is 16.2. The standard InChI is InChI=1S/C13H23N5O3S/c1-2-6-18(11-3-5-15-8-11)13(19)4-7-17-10-12(9-16-17)22(14,20)21/h9-11,15H,2-8H2,1H3,(H2,14,20,21). The van der Waals surface area contributed by atoms with Crippen LogP contribution in [0.1, 0.15) is 26.2 Å². The van der Waals surface area contributed by atoms with Crippen LogP contribution in [0.5, 0.6) is 0 Å². The highest BCUT2D eigenvalue weighted by Gasteiger charge is 2.25. The first-order chi connectivity index (χ1) is 10.4. The van der Waals surface area contributed by atoms with E-state index in [-0.39, 0.29) is 16.8 Å². The van der Waals surface area contributed by atoms with Crippen LogP contribution in [0, 0.1) is 0 Å². The number of sulfonamides is 1. The summed E-state index contributed by atoms with van der Waals surface area (Å²) >= 11 is 0. The maximum absolute atomic E-state index is 12.4. The minimum absolute atomic E-state index is 0.0367. The van der Waals surface area contributed by atoms with Crippen LogP contribution in [-0.4, -0.2) is 54.7 Å². The number of rotatable bonds is 7. The van der Waals surface area contributed by atoms with Gasteiger partial charge in [0.25, 0.3) is 0 Å². The molecule has 1 saturated heterocycles. The Morgan fingerprint density at radius 1 is 1.59 bits per heavy atom. The van der Waals surface area contributed by atoms with Gasteiger partial charge in [-0.05, 0) is 19.4 Å². The van der Waals surface area contributed by atoms with Crippen molar-refractivity contribution < 1.29 is 13.2 Å². The molecule has 1 aliphatic heterocycles. The first-order valence-corrected chi connectivity index (χ1v) is 9.02. The van der Waals surface area contributed by atoms with Crippen molar-refractivity contribution in [2.45, 2.75) is 43.7 Å². The van der Waals surface area contributed by atoms with Crippen LogP contribution >= 0.6 is 0 Å². The summed E-state index contributed by atoms with van der Waals surface area (Å²) in [5, 5.41) is 12.2. The second-order valence-corrected chi connectivity index (χ2v) is 7.03. The van der Waals surface area contributed by atoms with Crippen molar-refractivity contribution in [3.05, 3.63) is 12.4 Å². The van der Waals surface area contributed by atoms with Crippen molar-refractivity contribution in [1.82, 2.24) is 20.0 Å². The first kappa shape index (κ1) is 16.9. The third kappa shape index (κ3) is 4.28. The van der Waals surface area contributed by atoms with Crippen molar-refractivity contribution in [3.63, 3.8) is 0 Å². The van der Waals surface area contributed by atoms with E-state index in [2.05, 4.69) is 17.3 Å². The smallest absolute Gasteiger partial charge is 0.241 e.